The summed E-state index contributed by atoms with van der Waals surface area (Å²) < 4.78 is 7.51. The lowest BCUT2D eigenvalue weighted by Crippen LogP contribution is -2.35. The van der Waals surface area contributed by atoms with Crippen LogP contribution in [0.1, 0.15) is 130 Å². The van der Waals surface area contributed by atoms with E-state index in [1.165, 1.54) is 139 Å². The van der Waals surface area contributed by atoms with E-state index in [1.807, 2.05) is 0 Å². The Balaban J connectivity index is 0.685. The van der Waals surface area contributed by atoms with Crippen LogP contribution in [0.5, 0.6) is 0 Å². The first-order valence-corrected chi connectivity index (χ1v) is 46.5. The third-order valence-electron chi connectivity index (χ3n) is 30.1. The van der Waals surface area contributed by atoms with Gasteiger partial charge in [-0.05, 0) is 256 Å². The number of pyridine rings is 1. The SMILES string of the molecule is CC1C=CC=CC1n1c2ccccc2c2cc(N(c3cccc(-c4cc(-c5cccc(N(c6ccc7c(c6)C(C)(C)c6ccccc6-7)c6ccc7c(c6)c6ccccc6n7-c6ccccc6)c5)cc(C5=CC(N(C6=CCC7C(=C6)C(C)(C)c6ccccc67)C6=Cc7c(n(-c8ccccc8)c8ccccc78)CC6)CC=C5)n4)c3)c3ccc4c(c3)C(C)(C)c3ccccc3-4)ccc21. The average molecular weight is 1680 g/mol. The highest BCUT2D eigenvalue weighted by molar-refractivity contribution is 6.12. The Morgan fingerprint density at radius 1 is 0.369 bits per heavy atom. The van der Waals surface area contributed by atoms with Gasteiger partial charge in [0.2, 0.25) is 0 Å². The van der Waals surface area contributed by atoms with Crippen LogP contribution in [-0.4, -0.2) is 29.6 Å². The summed E-state index contributed by atoms with van der Waals surface area (Å²) in [6, 6.07) is 128. The molecule has 0 amide bonds. The Bertz CT molecular complexity index is 8010. The van der Waals surface area contributed by atoms with Crippen molar-refractivity contribution in [2.75, 3.05) is 9.80 Å². The molecule has 0 saturated carbocycles. The predicted octanol–water partition coefficient (Wildman–Crippen LogP) is 31.7. The standard InChI is InChI=1S/C123H99N7/c1-78-31-14-24-51-114(78)130-117-54-27-20-47-102(117)105-74-90(60-66-120(105)130)127(93-57-63-99-96-44-17-23-50-108(96)123(6,7)111(99)77-93)87-41-30-34-81(69-87)113-71-82(79-32-28-39-85(67-79)125(91-55-61-97-94-42-15-21-48-106(94)121(2,3)109(97)75-91)88-58-64-118-103(72-88)100-45-18-25-52-115(100)128(118)83-35-10-8-11-36-83)70-112(124-113)80-33-29-40-86(68-80)126(92-56-62-98-95-43-16-22-49-107(95)122(4,5)110(98)76-92)89-59-65-119-104(73-89)101-46-19-26-53-116(101)129(119)84-37-12-9-13-38-84/h8-39,41-58,60-61,63-64,66-78,86,98,114H,40,59,62,65H2,1-7H3. The molecule has 626 valence electrons. The number of fused-ring (bicyclic) bond motifs is 18. The first-order chi connectivity index (χ1) is 63.6. The highest BCUT2D eigenvalue weighted by Gasteiger charge is 2.44. The van der Waals surface area contributed by atoms with E-state index < -0.39 is 0 Å². The summed E-state index contributed by atoms with van der Waals surface area (Å²) in [5, 5.41) is 6.13. The molecule has 0 bridgehead atoms. The normalized spacial score (nSPS) is 18.0. The van der Waals surface area contributed by atoms with Gasteiger partial charge in [-0.3, -0.25) is 0 Å². The van der Waals surface area contributed by atoms with Gasteiger partial charge in [0.05, 0.1) is 40.0 Å². The second kappa shape index (κ2) is 29.8. The third kappa shape index (κ3) is 12.1. The van der Waals surface area contributed by atoms with E-state index in [2.05, 4.69) is 477 Å². The number of benzene rings is 14. The molecule has 7 nitrogen and oxygen atoms in total. The van der Waals surface area contributed by atoms with Crippen molar-refractivity contribution >= 4 is 100 Å². The summed E-state index contributed by atoms with van der Waals surface area (Å²) in [5.74, 6) is 0.635. The van der Waals surface area contributed by atoms with E-state index in [0.717, 1.165) is 105 Å². The maximum Gasteiger partial charge on any atom is 0.0716 e. The summed E-state index contributed by atoms with van der Waals surface area (Å²) in [6.45, 7) is 16.8. The zero-order chi connectivity index (χ0) is 87.0. The molecule has 14 aromatic carbocycles. The molecule has 4 aromatic heterocycles. The molecular formula is C123H99N7. The Morgan fingerprint density at radius 2 is 0.877 bits per heavy atom. The molecule has 7 aliphatic rings. The summed E-state index contributed by atoms with van der Waals surface area (Å²) in [7, 11) is 0. The van der Waals surface area contributed by atoms with Crippen LogP contribution in [0, 0.1) is 5.92 Å². The van der Waals surface area contributed by atoms with Crippen LogP contribution in [0.3, 0.4) is 0 Å². The van der Waals surface area contributed by atoms with E-state index in [1.54, 1.807) is 0 Å². The van der Waals surface area contributed by atoms with E-state index in [9.17, 15) is 0 Å². The fourth-order valence-corrected chi connectivity index (χ4v) is 23.8. The molecule has 130 heavy (non-hydrogen) atoms. The van der Waals surface area contributed by atoms with Gasteiger partial charge in [-0.2, -0.15) is 0 Å². The van der Waals surface area contributed by atoms with Gasteiger partial charge in [-0.1, -0.05) is 303 Å². The van der Waals surface area contributed by atoms with Gasteiger partial charge >= 0.3 is 0 Å². The molecule has 0 spiro atoms. The lowest BCUT2D eigenvalue weighted by molar-refractivity contribution is 0.356. The number of anilines is 6. The van der Waals surface area contributed by atoms with Gasteiger partial charge in [0.25, 0.3) is 0 Å². The lowest BCUT2D eigenvalue weighted by Gasteiger charge is -2.39. The average Bonchev–Trinajstić information content (AvgIpc) is 1.58. The maximum absolute atomic E-state index is 6.08. The zero-order valence-electron chi connectivity index (χ0n) is 74.4. The summed E-state index contributed by atoms with van der Waals surface area (Å²) >= 11 is 0. The Labute approximate surface area is 760 Å². The van der Waals surface area contributed by atoms with Crippen molar-refractivity contribution in [1.82, 2.24) is 23.6 Å². The number of nitrogens with zero attached hydrogens (tertiary/aromatic N) is 7. The molecule has 0 radical (unpaired) electrons. The molecule has 0 N–H and O–H groups in total. The molecule has 4 unspecified atom stereocenters. The van der Waals surface area contributed by atoms with Crippen molar-refractivity contribution in [2.24, 2.45) is 5.92 Å². The Hall–Kier alpha value is -15.1. The van der Waals surface area contributed by atoms with Gasteiger partial charge in [0.15, 0.2) is 0 Å². The zero-order valence-corrected chi connectivity index (χ0v) is 74.4. The van der Waals surface area contributed by atoms with Crippen LogP contribution < -0.4 is 9.80 Å². The minimum atomic E-state index is -0.240. The molecule has 4 atom stereocenters. The van der Waals surface area contributed by atoms with Crippen LogP contribution in [0.25, 0.3) is 122 Å². The first-order valence-electron chi connectivity index (χ1n) is 46.5. The number of aromatic nitrogens is 4. The van der Waals surface area contributed by atoms with Crippen molar-refractivity contribution < 1.29 is 0 Å². The van der Waals surface area contributed by atoms with Crippen molar-refractivity contribution in [3.8, 4) is 56.0 Å². The van der Waals surface area contributed by atoms with Gasteiger partial charge in [0.1, 0.15) is 0 Å². The summed E-state index contributed by atoms with van der Waals surface area (Å²) in [5.41, 5.74) is 40.3. The van der Waals surface area contributed by atoms with Gasteiger partial charge < -0.3 is 28.4 Å². The lowest BCUT2D eigenvalue weighted by atomic mass is 9.78. The fraction of sp³-hybridized carbons (Fsp3) is 0.146. The number of hydrogen-bond acceptors (Lipinski definition) is 4. The van der Waals surface area contributed by atoms with E-state index in [-0.39, 0.29) is 28.3 Å². The highest BCUT2D eigenvalue weighted by atomic mass is 15.2. The van der Waals surface area contributed by atoms with Crippen molar-refractivity contribution in [2.45, 2.75) is 108 Å². The number of para-hydroxylation sites is 5. The molecule has 18 aromatic rings. The smallest absolute Gasteiger partial charge is 0.0716 e. The fourth-order valence-electron chi connectivity index (χ4n) is 23.8. The van der Waals surface area contributed by atoms with Crippen LogP contribution in [-0.2, 0) is 22.7 Å². The summed E-state index contributed by atoms with van der Waals surface area (Å²) in [6.07, 6.45) is 27.7. The molecule has 0 fully saturated rings. The quantitative estimate of drug-likeness (QED) is 0.103. The van der Waals surface area contributed by atoms with E-state index >= 15 is 0 Å². The molecule has 0 aliphatic heterocycles. The van der Waals surface area contributed by atoms with Crippen molar-refractivity contribution in [3.05, 3.63) is 462 Å². The van der Waals surface area contributed by atoms with E-state index in [0.29, 0.717) is 11.8 Å². The molecule has 25 rings (SSSR count). The van der Waals surface area contributed by atoms with Crippen molar-refractivity contribution in [3.63, 3.8) is 0 Å². The van der Waals surface area contributed by atoms with Gasteiger partial charge in [-0.25, -0.2) is 4.98 Å². The van der Waals surface area contributed by atoms with Crippen molar-refractivity contribution in [1.29, 1.82) is 0 Å². The third-order valence-corrected chi connectivity index (χ3v) is 30.1. The van der Waals surface area contributed by atoms with E-state index in [4.69, 9.17) is 4.98 Å². The second-order valence-electron chi connectivity index (χ2n) is 38.4. The van der Waals surface area contributed by atoms with Gasteiger partial charge in [-0.15, -0.1) is 0 Å². The van der Waals surface area contributed by atoms with Crippen LogP contribution >= 0.6 is 0 Å². The number of hydrogen-bond donors (Lipinski definition) is 0. The first kappa shape index (κ1) is 77.3. The summed E-state index contributed by atoms with van der Waals surface area (Å²) in [4.78, 5) is 13.8. The second-order valence-corrected chi connectivity index (χ2v) is 38.4. The molecule has 7 heteroatoms. The molecule has 7 aliphatic carbocycles. The maximum atomic E-state index is 6.08. The Kier molecular flexibility index (Phi) is 17.7. The molecule has 0 saturated heterocycles. The molecule has 4 heterocycles. The molecular weight excluding hydrogens is 1580 g/mol. The van der Waals surface area contributed by atoms with Gasteiger partial charge in [0, 0.05) is 134 Å². The monoisotopic (exact) mass is 1670 g/mol. The number of allylic oxidation sites excluding steroid dienone is 10. The largest absolute Gasteiger partial charge is 0.338 e. The number of rotatable bonds is 15. The Morgan fingerprint density at radius 3 is 1.55 bits per heavy atom. The topological polar surface area (TPSA) is 37.4 Å². The van der Waals surface area contributed by atoms with Crippen LogP contribution in [0.15, 0.2) is 411 Å². The highest BCUT2D eigenvalue weighted by Crippen LogP contribution is 2.58. The minimum absolute atomic E-state index is 0.0653. The van der Waals surface area contributed by atoms with Crippen LogP contribution in [0.2, 0.25) is 0 Å². The minimum Gasteiger partial charge on any atom is -0.338 e. The predicted molar refractivity (Wildman–Crippen MR) is 543 cm³/mol. The van der Waals surface area contributed by atoms with Crippen LogP contribution in [0.4, 0.5) is 34.1 Å².